The van der Waals surface area contributed by atoms with E-state index in [0.717, 1.165) is 11.6 Å². The highest BCUT2D eigenvalue weighted by atomic mass is 19.1. The molecule has 3 nitrogen and oxygen atoms in total. The molecule has 4 heteroatoms. The van der Waals surface area contributed by atoms with Gasteiger partial charge in [-0.15, -0.1) is 0 Å². The zero-order chi connectivity index (χ0) is 13.7. The van der Waals surface area contributed by atoms with Crippen LogP contribution in [-0.2, 0) is 11.3 Å². The lowest BCUT2D eigenvalue weighted by atomic mass is 10.2. The molecule has 0 aliphatic carbocycles. The molecule has 2 aromatic rings. The number of halogens is 1. The third-order valence-electron chi connectivity index (χ3n) is 2.53. The van der Waals surface area contributed by atoms with Gasteiger partial charge in [-0.3, -0.25) is 4.79 Å². The number of hydrogen-bond acceptors (Lipinski definition) is 3. The van der Waals surface area contributed by atoms with E-state index in [-0.39, 0.29) is 11.3 Å². The molecule has 0 aliphatic heterocycles. The van der Waals surface area contributed by atoms with Crippen molar-refractivity contribution in [3.63, 3.8) is 0 Å². The number of aldehydes is 1. The van der Waals surface area contributed by atoms with E-state index in [2.05, 4.69) is 0 Å². The number of rotatable bonds is 5. The molecule has 0 unspecified atom stereocenters. The summed E-state index contributed by atoms with van der Waals surface area (Å²) in [5.74, 6) is 0.0363. The Hall–Kier alpha value is -2.20. The summed E-state index contributed by atoms with van der Waals surface area (Å²) in [6.45, 7) is 0.462. The third-order valence-corrected chi connectivity index (χ3v) is 2.53. The predicted molar refractivity (Wildman–Crippen MR) is 69.0 cm³/mol. The number of carbonyl (C=O) groups excluding carboxylic acids is 1. The van der Waals surface area contributed by atoms with Gasteiger partial charge in [-0.2, -0.15) is 0 Å². The summed E-state index contributed by atoms with van der Waals surface area (Å²) in [5.41, 5.74) is 1.21. The standard InChI is InChI=1S/C15H13FO3/c1-18-10-12-3-2-4-13(7-12)19-15-6-5-11(9-17)8-14(15)16/h2-9H,10H2,1H3. The van der Waals surface area contributed by atoms with Gasteiger partial charge in [0.1, 0.15) is 12.0 Å². The molecule has 2 aromatic carbocycles. The van der Waals surface area contributed by atoms with Gasteiger partial charge in [-0.25, -0.2) is 4.39 Å². The van der Waals surface area contributed by atoms with Crippen LogP contribution in [0.3, 0.4) is 0 Å². The van der Waals surface area contributed by atoms with Crippen molar-refractivity contribution in [2.24, 2.45) is 0 Å². The summed E-state index contributed by atoms with van der Waals surface area (Å²) in [7, 11) is 1.60. The zero-order valence-electron chi connectivity index (χ0n) is 10.4. The van der Waals surface area contributed by atoms with Crippen molar-refractivity contribution in [1.29, 1.82) is 0 Å². The Labute approximate surface area is 110 Å². The summed E-state index contributed by atoms with van der Waals surface area (Å²) >= 11 is 0. The van der Waals surface area contributed by atoms with Crippen LogP contribution in [0.2, 0.25) is 0 Å². The summed E-state index contributed by atoms with van der Waals surface area (Å²) in [6.07, 6.45) is 0.589. The van der Waals surface area contributed by atoms with E-state index in [1.165, 1.54) is 12.1 Å². The molecule has 0 aliphatic rings. The number of carbonyl (C=O) groups is 1. The van der Waals surface area contributed by atoms with Gasteiger partial charge in [-0.1, -0.05) is 12.1 Å². The van der Waals surface area contributed by atoms with E-state index < -0.39 is 5.82 Å². The van der Waals surface area contributed by atoms with Crippen molar-refractivity contribution in [1.82, 2.24) is 0 Å². The molecule has 0 saturated heterocycles. The first-order valence-corrected chi connectivity index (χ1v) is 5.73. The SMILES string of the molecule is COCc1cccc(Oc2ccc(C=O)cc2F)c1. The topological polar surface area (TPSA) is 35.5 Å². The molecule has 0 spiro atoms. The lowest BCUT2D eigenvalue weighted by Gasteiger charge is -2.08. The minimum absolute atomic E-state index is 0.0835. The first kappa shape index (κ1) is 13.2. The van der Waals surface area contributed by atoms with Crippen molar-refractivity contribution in [2.45, 2.75) is 6.61 Å². The number of methoxy groups -OCH3 is 1. The van der Waals surface area contributed by atoms with Crippen LogP contribution in [0, 0.1) is 5.82 Å². The highest BCUT2D eigenvalue weighted by Crippen LogP contribution is 2.25. The maximum atomic E-state index is 13.7. The van der Waals surface area contributed by atoms with Crippen LogP contribution in [0.4, 0.5) is 4.39 Å². The Kier molecular flexibility index (Phi) is 4.26. The van der Waals surface area contributed by atoms with Crippen molar-refractivity contribution < 1.29 is 18.7 Å². The molecule has 0 saturated carbocycles. The van der Waals surface area contributed by atoms with Gasteiger partial charge in [0.05, 0.1) is 6.61 Å². The number of benzene rings is 2. The van der Waals surface area contributed by atoms with Crippen molar-refractivity contribution in [3.8, 4) is 11.5 Å². The Morgan fingerprint density at radius 1 is 1.21 bits per heavy atom. The van der Waals surface area contributed by atoms with Crippen molar-refractivity contribution in [3.05, 3.63) is 59.4 Å². The molecule has 0 bridgehead atoms. The first-order valence-electron chi connectivity index (χ1n) is 5.73. The molecule has 0 N–H and O–H groups in total. The Morgan fingerprint density at radius 3 is 2.74 bits per heavy atom. The summed E-state index contributed by atoms with van der Waals surface area (Å²) in [4.78, 5) is 10.5. The van der Waals surface area contributed by atoms with Crippen LogP contribution < -0.4 is 4.74 Å². The molecule has 0 fully saturated rings. The Bertz CT molecular complexity index is 581. The maximum Gasteiger partial charge on any atom is 0.166 e. The first-order chi connectivity index (χ1) is 9.22. The van der Waals surface area contributed by atoms with Gasteiger partial charge >= 0.3 is 0 Å². The van der Waals surface area contributed by atoms with Gasteiger partial charge in [0, 0.05) is 12.7 Å². The second-order valence-electron chi connectivity index (χ2n) is 3.99. The molecule has 0 atom stereocenters. The Morgan fingerprint density at radius 2 is 2.05 bits per heavy atom. The third kappa shape index (κ3) is 3.39. The minimum Gasteiger partial charge on any atom is -0.454 e. The normalized spacial score (nSPS) is 10.2. The van der Waals surface area contributed by atoms with Crippen molar-refractivity contribution >= 4 is 6.29 Å². The summed E-state index contributed by atoms with van der Waals surface area (Å²) in [5, 5.41) is 0. The predicted octanol–water partition coefficient (Wildman–Crippen LogP) is 3.58. The number of hydrogen-bond donors (Lipinski definition) is 0. The second kappa shape index (κ2) is 6.11. The second-order valence-corrected chi connectivity index (χ2v) is 3.99. The average Bonchev–Trinajstić information content (AvgIpc) is 2.42. The van der Waals surface area contributed by atoms with E-state index in [1.54, 1.807) is 25.3 Å². The molecular weight excluding hydrogens is 247 g/mol. The molecule has 98 valence electrons. The van der Waals surface area contributed by atoms with E-state index in [0.29, 0.717) is 18.6 Å². The maximum absolute atomic E-state index is 13.7. The lowest BCUT2D eigenvalue weighted by molar-refractivity contribution is 0.112. The van der Waals surface area contributed by atoms with Gasteiger partial charge < -0.3 is 9.47 Å². The van der Waals surface area contributed by atoms with Crippen LogP contribution >= 0.6 is 0 Å². The van der Waals surface area contributed by atoms with E-state index in [9.17, 15) is 9.18 Å². The van der Waals surface area contributed by atoms with Crippen LogP contribution in [-0.4, -0.2) is 13.4 Å². The molecule has 0 heterocycles. The fourth-order valence-electron chi connectivity index (χ4n) is 1.67. The summed E-state index contributed by atoms with van der Waals surface area (Å²) in [6, 6.07) is 11.3. The van der Waals surface area contributed by atoms with E-state index in [1.807, 2.05) is 6.07 Å². The van der Waals surface area contributed by atoms with E-state index >= 15 is 0 Å². The molecule has 19 heavy (non-hydrogen) atoms. The zero-order valence-corrected chi connectivity index (χ0v) is 10.4. The number of ether oxygens (including phenoxy) is 2. The Balaban J connectivity index is 2.20. The van der Waals surface area contributed by atoms with Crippen molar-refractivity contribution in [2.75, 3.05) is 7.11 Å². The molecule has 0 radical (unpaired) electrons. The fourth-order valence-corrected chi connectivity index (χ4v) is 1.67. The van der Waals surface area contributed by atoms with E-state index in [4.69, 9.17) is 9.47 Å². The average molecular weight is 260 g/mol. The molecule has 0 aromatic heterocycles. The minimum atomic E-state index is -0.568. The van der Waals surface area contributed by atoms with Crippen LogP contribution in [0.1, 0.15) is 15.9 Å². The molecule has 2 rings (SSSR count). The highest BCUT2D eigenvalue weighted by molar-refractivity contribution is 5.75. The highest BCUT2D eigenvalue weighted by Gasteiger charge is 2.06. The monoisotopic (exact) mass is 260 g/mol. The lowest BCUT2D eigenvalue weighted by Crippen LogP contribution is -1.92. The van der Waals surface area contributed by atoms with Gasteiger partial charge in [-0.05, 0) is 35.9 Å². The smallest absolute Gasteiger partial charge is 0.166 e. The van der Waals surface area contributed by atoms with Crippen LogP contribution in [0.15, 0.2) is 42.5 Å². The van der Waals surface area contributed by atoms with Crippen LogP contribution in [0.25, 0.3) is 0 Å². The quantitative estimate of drug-likeness (QED) is 0.771. The molecule has 0 amide bonds. The fraction of sp³-hybridized carbons (Fsp3) is 0.133. The molecular formula is C15H13FO3. The van der Waals surface area contributed by atoms with Gasteiger partial charge in [0.15, 0.2) is 11.6 Å². The van der Waals surface area contributed by atoms with Gasteiger partial charge in [0.2, 0.25) is 0 Å². The van der Waals surface area contributed by atoms with Gasteiger partial charge in [0.25, 0.3) is 0 Å². The summed E-state index contributed by atoms with van der Waals surface area (Å²) < 4.78 is 24.1. The van der Waals surface area contributed by atoms with Crippen LogP contribution in [0.5, 0.6) is 11.5 Å². The largest absolute Gasteiger partial charge is 0.454 e.